The molecule has 0 spiro atoms. The molecule has 0 aromatic carbocycles. The zero-order valence-electron chi connectivity index (χ0n) is 8.43. The Balaban J connectivity index is 0.00000196. The first kappa shape index (κ1) is 15.7. The zero-order valence-corrected chi connectivity index (χ0v) is 12.4. The molecule has 0 aliphatic carbocycles. The maximum atomic E-state index is 11.1. The number of imide groups is 1. The van der Waals surface area contributed by atoms with Crippen molar-refractivity contribution in [1.29, 1.82) is 0 Å². The Morgan fingerprint density at radius 3 is 2.07 bits per heavy atom. The Morgan fingerprint density at radius 1 is 1.20 bits per heavy atom. The number of hydrogen-bond acceptors (Lipinski definition) is 5. The summed E-state index contributed by atoms with van der Waals surface area (Å²) in [5.74, 6) is -1.50. The maximum absolute atomic E-state index is 11.1. The monoisotopic (exact) mass is 259 g/mol. The van der Waals surface area contributed by atoms with Gasteiger partial charge in [0.2, 0.25) is 11.8 Å². The van der Waals surface area contributed by atoms with Crippen molar-refractivity contribution < 1.29 is 73.9 Å². The first-order chi connectivity index (χ1) is 6.40. The summed E-state index contributed by atoms with van der Waals surface area (Å²) < 4.78 is 30.8. The summed E-state index contributed by atoms with van der Waals surface area (Å²) in [5, 5.41) is 0. The van der Waals surface area contributed by atoms with E-state index in [4.69, 9.17) is 0 Å². The molecule has 6 nitrogen and oxygen atoms in total. The van der Waals surface area contributed by atoms with Gasteiger partial charge in [0.1, 0.15) is 0 Å². The van der Waals surface area contributed by atoms with Crippen LogP contribution in [-0.2, 0) is 19.7 Å². The average Bonchev–Trinajstić information content (AvgIpc) is 2.01. The van der Waals surface area contributed by atoms with E-state index >= 15 is 0 Å². The normalized spacial score (nSPS) is 17.5. The van der Waals surface area contributed by atoms with Crippen LogP contribution in [0.15, 0.2) is 0 Å². The first-order valence-electron chi connectivity index (χ1n) is 4.17. The van der Waals surface area contributed by atoms with E-state index in [0.717, 1.165) is 4.90 Å². The number of nitrogens with zero attached hydrogens (tertiary/aromatic N) is 1. The van der Waals surface area contributed by atoms with Crippen LogP contribution in [0, 0.1) is 0 Å². The van der Waals surface area contributed by atoms with E-state index in [2.05, 4.69) is 0 Å². The Hall–Kier alpha value is 0.686. The van der Waals surface area contributed by atoms with Gasteiger partial charge >= 0.3 is 51.4 Å². The van der Waals surface area contributed by atoms with Crippen LogP contribution >= 0.6 is 0 Å². The van der Waals surface area contributed by atoms with Crippen molar-refractivity contribution in [3.63, 3.8) is 0 Å². The third-order valence-electron chi connectivity index (χ3n) is 1.95. The van der Waals surface area contributed by atoms with Gasteiger partial charge in [0.15, 0.2) is 0 Å². The van der Waals surface area contributed by atoms with Gasteiger partial charge in [0, 0.05) is 19.4 Å². The molecule has 0 saturated carbocycles. The molecule has 0 unspecified atom stereocenters. The standard InChI is InChI=1S/C7H11NO5S.K/c9-6-2-1-3-7(10)8(6)4-5-14(11,12)13;/h1-5H2,(H,11,12,13);/q;+1/p-1. The van der Waals surface area contributed by atoms with Crippen LogP contribution in [0.5, 0.6) is 0 Å². The van der Waals surface area contributed by atoms with E-state index in [-0.39, 0.29) is 70.8 Å². The van der Waals surface area contributed by atoms with Gasteiger partial charge in [0.25, 0.3) is 0 Å². The van der Waals surface area contributed by atoms with Crippen molar-refractivity contribution in [3.05, 3.63) is 0 Å². The predicted octanol–water partition coefficient (Wildman–Crippen LogP) is -3.93. The fraction of sp³-hybridized carbons (Fsp3) is 0.714. The van der Waals surface area contributed by atoms with Gasteiger partial charge in [-0.25, -0.2) is 8.42 Å². The van der Waals surface area contributed by atoms with E-state index in [1.807, 2.05) is 0 Å². The molecular weight excluding hydrogens is 249 g/mol. The molecule has 0 radical (unpaired) electrons. The summed E-state index contributed by atoms with van der Waals surface area (Å²) in [5.41, 5.74) is 0. The number of rotatable bonds is 3. The third kappa shape index (κ3) is 5.52. The van der Waals surface area contributed by atoms with Crippen LogP contribution in [0.3, 0.4) is 0 Å². The van der Waals surface area contributed by atoms with Gasteiger partial charge in [-0.2, -0.15) is 0 Å². The number of amides is 2. The van der Waals surface area contributed by atoms with E-state index < -0.39 is 27.7 Å². The van der Waals surface area contributed by atoms with Gasteiger partial charge in [-0.05, 0) is 6.42 Å². The summed E-state index contributed by atoms with van der Waals surface area (Å²) in [6.07, 6.45) is 0.980. The SMILES string of the molecule is O=C1CCCC(=O)N1CCS(=O)(=O)[O-].[K+]. The molecule has 80 valence electrons. The second-order valence-electron chi connectivity index (χ2n) is 3.05. The van der Waals surface area contributed by atoms with Gasteiger partial charge in [0.05, 0.1) is 15.9 Å². The fourth-order valence-corrected chi connectivity index (χ4v) is 1.66. The van der Waals surface area contributed by atoms with Crippen LogP contribution in [0.4, 0.5) is 0 Å². The Bertz CT molecular complexity index is 336. The number of hydrogen-bond donors (Lipinski definition) is 0. The summed E-state index contributed by atoms with van der Waals surface area (Å²) in [7, 11) is -4.37. The minimum Gasteiger partial charge on any atom is -0.748 e. The predicted molar refractivity (Wildman–Crippen MR) is 45.1 cm³/mol. The van der Waals surface area contributed by atoms with Gasteiger partial charge in [-0.3, -0.25) is 14.5 Å². The van der Waals surface area contributed by atoms with Gasteiger partial charge in [-0.15, -0.1) is 0 Å². The van der Waals surface area contributed by atoms with E-state index in [0.29, 0.717) is 6.42 Å². The van der Waals surface area contributed by atoms with Crippen LogP contribution in [-0.4, -0.2) is 42.0 Å². The van der Waals surface area contributed by atoms with Crippen molar-refractivity contribution in [2.75, 3.05) is 12.3 Å². The number of carbonyl (C=O) groups excluding carboxylic acids is 2. The van der Waals surface area contributed by atoms with E-state index in [9.17, 15) is 22.6 Å². The van der Waals surface area contributed by atoms with Crippen molar-refractivity contribution in [3.8, 4) is 0 Å². The minimum absolute atomic E-state index is 0. The largest absolute Gasteiger partial charge is 1.00 e. The average molecular weight is 259 g/mol. The minimum atomic E-state index is -4.37. The number of likely N-dealkylation sites (tertiary alicyclic amines) is 1. The van der Waals surface area contributed by atoms with Crippen molar-refractivity contribution in [2.45, 2.75) is 19.3 Å². The van der Waals surface area contributed by atoms with Gasteiger partial charge in [-0.1, -0.05) is 0 Å². The van der Waals surface area contributed by atoms with Crippen molar-refractivity contribution >= 4 is 21.9 Å². The molecule has 1 fully saturated rings. The molecule has 0 atom stereocenters. The first-order valence-corrected chi connectivity index (χ1v) is 5.74. The Labute approximate surface area is 131 Å². The second kappa shape index (κ2) is 6.43. The summed E-state index contributed by atoms with van der Waals surface area (Å²) >= 11 is 0. The Kier molecular flexibility index (Phi) is 6.72. The fourth-order valence-electron chi connectivity index (χ4n) is 1.25. The third-order valence-corrected chi connectivity index (χ3v) is 2.63. The molecule has 1 rings (SSSR count). The molecule has 0 N–H and O–H groups in total. The molecule has 15 heavy (non-hydrogen) atoms. The van der Waals surface area contributed by atoms with Crippen LogP contribution in [0.25, 0.3) is 0 Å². The topological polar surface area (TPSA) is 94.6 Å². The molecule has 1 aliphatic rings. The molecule has 1 aliphatic heterocycles. The molecule has 2 amide bonds. The quantitative estimate of drug-likeness (QED) is 0.293. The van der Waals surface area contributed by atoms with Crippen molar-refractivity contribution in [1.82, 2.24) is 4.90 Å². The molecule has 1 heterocycles. The number of carbonyl (C=O) groups is 2. The molecular formula is C7H10KNO5S. The summed E-state index contributed by atoms with van der Waals surface area (Å²) in [6.45, 7) is -0.316. The van der Waals surface area contributed by atoms with Crippen molar-refractivity contribution in [2.24, 2.45) is 0 Å². The molecule has 0 aromatic rings. The maximum Gasteiger partial charge on any atom is 1.00 e. The zero-order chi connectivity index (χ0) is 10.8. The molecule has 0 aromatic heterocycles. The summed E-state index contributed by atoms with van der Waals surface area (Å²) in [4.78, 5) is 23.1. The number of piperidine rings is 1. The summed E-state index contributed by atoms with van der Waals surface area (Å²) in [6, 6.07) is 0. The molecule has 1 saturated heterocycles. The molecule has 8 heteroatoms. The van der Waals surface area contributed by atoms with Crippen LogP contribution in [0.2, 0.25) is 0 Å². The van der Waals surface area contributed by atoms with E-state index in [1.54, 1.807) is 0 Å². The van der Waals surface area contributed by atoms with Crippen LogP contribution < -0.4 is 51.4 Å². The smallest absolute Gasteiger partial charge is 0.748 e. The van der Waals surface area contributed by atoms with E-state index in [1.165, 1.54) is 0 Å². The molecule has 0 bridgehead atoms. The Morgan fingerprint density at radius 2 is 1.67 bits per heavy atom. The van der Waals surface area contributed by atoms with Crippen LogP contribution in [0.1, 0.15) is 19.3 Å². The van der Waals surface area contributed by atoms with Gasteiger partial charge < -0.3 is 4.55 Å². The second-order valence-corrected chi connectivity index (χ2v) is 4.58.